The lowest BCUT2D eigenvalue weighted by molar-refractivity contribution is -1.08. The fourth-order valence-electron chi connectivity index (χ4n) is 1.52. The van der Waals surface area contributed by atoms with Gasteiger partial charge in [-0.15, -0.1) is 0 Å². The van der Waals surface area contributed by atoms with Gasteiger partial charge in [0.05, 0.1) is 18.9 Å². The average molecular weight is 241 g/mol. The highest BCUT2D eigenvalue weighted by atomic mass is 79.9. The minimum absolute atomic E-state index is 0.0243. The second-order valence-corrected chi connectivity index (χ2v) is 4.40. The number of quaternary nitrogens is 2. The molecule has 0 bridgehead atoms. The minimum atomic E-state index is -0.792. The van der Waals surface area contributed by atoms with Crippen LogP contribution in [0.3, 0.4) is 0 Å². The third-order valence-electron chi connectivity index (χ3n) is 2.34. The number of hydrogen-bond donors (Lipinski definition) is 3. The molecule has 1 aliphatic rings. The molecule has 1 fully saturated rings. The van der Waals surface area contributed by atoms with Crippen LogP contribution in [0.1, 0.15) is 13.3 Å². The summed E-state index contributed by atoms with van der Waals surface area (Å²) in [6, 6.07) is -0.368. The molecule has 0 spiro atoms. The van der Waals surface area contributed by atoms with Gasteiger partial charge in [0.15, 0.2) is 0 Å². The van der Waals surface area contributed by atoms with Crippen molar-refractivity contribution in [3.05, 3.63) is 10.4 Å². The van der Waals surface area contributed by atoms with Crippen molar-refractivity contribution in [1.29, 1.82) is 0 Å². The summed E-state index contributed by atoms with van der Waals surface area (Å²) in [5, 5.41) is 29.9. The topological polar surface area (TPSA) is 75.2 Å². The van der Waals surface area contributed by atoms with Gasteiger partial charge in [0.2, 0.25) is 0 Å². The Balaban J connectivity index is 2.55. The highest BCUT2D eigenvalue weighted by Crippen LogP contribution is 2.12. The van der Waals surface area contributed by atoms with Crippen molar-refractivity contribution in [3.8, 4) is 0 Å². The lowest BCUT2D eigenvalue weighted by atomic mass is 9.96. The van der Waals surface area contributed by atoms with Crippen molar-refractivity contribution < 1.29 is 15.5 Å². The van der Waals surface area contributed by atoms with Gasteiger partial charge >= 0.3 is 0 Å². The monoisotopic (exact) mass is 240 g/mol. The van der Waals surface area contributed by atoms with E-state index in [2.05, 4.69) is 15.9 Å². The molecule has 1 heterocycles. The molecular weight excluding hydrogens is 228 g/mol. The van der Waals surface area contributed by atoms with E-state index < -0.39 is 5.23 Å². The summed E-state index contributed by atoms with van der Waals surface area (Å²) in [5.74, 6) is -0.0243. The Bertz CT molecular complexity index is 158. The first-order valence-corrected chi connectivity index (χ1v) is 4.83. The molecule has 3 N–H and O–H groups in total. The van der Waals surface area contributed by atoms with E-state index in [4.69, 9.17) is 5.21 Å². The van der Waals surface area contributed by atoms with Crippen molar-refractivity contribution >= 4 is 15.9 Å². The lowest BCUT2D eigenvalue weighted by Crippen LogP contribution is -3.18. The van der Waals surface area contributed by atoms with Gasteiger partial charge in [-0.1, -0.05) is 6.92 Å². The molecule has 12 heavy (non-hydrogen) atoms. The van der Waals surface area contributed by atoms with Gasteiger partial charge in [0.25, 0.3) is 0 Å². The SMILES string of the molecule is CC1C[NH+]([O-])C(Br)CC1[NH+]([O-])O. The standard InChI is InChI=1S/C6H13BrN2O3/c1-4-3-8(10)6(7)2-5(4)9(11)12/h4-6,8-9,11H,2-3H2,1H3. The third-order valence-corrected chi connectivity index (χ3v) is 3.22. The number of rotatable bonds is 1. The van der Waals surface area contributed by atoms with Crippen LogP contribution in [-0.2, 0) is 0 Å². The zero-order valence-corrected chi connectivity index (χ0v) is 8.37. The maximum absolute atomic E-state index is 11.1. The Kier molecular flexibility index (Phi) is 3.45. The van der Waals surface area contributed by atoms with Gasteiger partial charge in [-0.25, -0.2) is 10.4 Å². The Morgan fingerprint density at radius 1 is 1.67 bits per heavy atom. The molecule has 0 amide bonds. The first-order chi connectivity index (χ1) is 5.52. The van der Waals surface area contributed by atoms with Crippen molar-refractivity contribution in [3.63, 3.8) is 0 Å². The zero-order chi connectivity index (χ0) is 9.30. The molecule has 0 aromatic rings. The number of piperidine rings is 1. The number of hydroxylamine groups is 4. The fourth-order valence-corrected chi connectivity index (χ4v) is 2.11. The zero-order valence-electron chi connectivity index (χ0n) is 6.79. The van der Waals surface area contributed by atoms with E-state index in [1.165, 1.54) is 0 Å². The molecule has 1 rings (SSSR count). The summed E-state index contributed by atoms with van der Waals surface area (Å²) >= 11 is 3.18. The van der Waals surface area contributed by atoms with Crippen LogP contribution in [0.2, 0.25) is 0 Å². The number of nitrogens with one attached hydrogen (secondary N) is 2. The van der Waals surface area contributed by atoms with Gasteiger partial charge < -0.3 is 15.5 Å². The normalized spacial score (nSPS) is 45.8. The number of hydrogen-bond acceptors (Lipinski definition) is 3. The summed E-state index contributed by atoms with van der Waals surface area (Å²) in [7, 11) is 0. The number of halogens is 1. The lowest BCUT2D eigenvalue weighted by Gasteiger charge is -2.40. The smallest absolute Gasteiger partial charge is 0.148 e. The van der Waals surface area contributed by atoms with Crippen LogP contribution in [0.25, 0.3) is 0 Å². The molecule has 0 aromatic heterocycles. The summed E-state index contributed by atoms with van der Waals surface area (Å²) in [6.07, 6.45) is 0.426. The fraction of sp³-hybridized carbons (Fsp3) is 1.00. The van der Waals surface area contributed by atoms with Gasteiger partial charge in [-0.2, -0.15) is 0 Å². The maximum atomic E-state index is 11.1. The van der Waals surface area contributed by atoms with E-state index in [9.17, 15) is 10.4 Å². The summed E-state index contributed by atoms with van der Waals surface area (Å²) in [4.78, 5) is -0.255. The average Bonchev–Trinajstić information content (AvgIpc) is 1.96. The van der Waals surface area contributed by atoms with E-state index in [0.717, 1.165) is 0 Å². The van der Waals surface area contributed by atoms with E-state index in [1.807, 2.05) is 6.92 Å². The summed E-state index contributed by atoms with van der Waals surface area (Å²) < 4.78 is 0. The second kappa shape index (κ2) is 3.99. The van der Waals surface area contributed by atoms with Crippen molar-refractivity contribution in [2.45, 2.75) is 24.3 Å². The molecule has 5 atom stereocenters. The Labute approximate surface area is 79.2 Å². The summed E-state index contributed by atoms with van der Waals surface area (Å²) in [5.41, 5.74) is 0. The third kappa shape index (κ3) is 2.15. The van der Waals surface area contributed by atoms with Gasteiger partial charge in [-0.05, 0) is 15.9 Å². The Hall–Kier alpha value is 0.280. The van der Waals surface area contributed by atoms with Gasteiger partial charge in [-0.3, -0.25) is 0 Å². The maximum Gasteiger partial charge on any atom is 0.148 e. The molecule has 0 aliphatic carbocycles. The van der Waals surface area contributed by atoms with Crippen LogP contribution in [-0.4, -0.2) is 22.7 Å². The van der Waals surface area contributed by atoms with Gasteiger partial charge in [0.1, 0.15) is 11.0 Å². The highest BCUT2D eigenvalue weighted by Gasteiger charge is 2.35. The van der Waals surface area contributed by atoms with Crippen LogP contribution in [0, 0.1) is 16.3 Å². The van der Waals surface area contributed by atoms with Crippen LogP contribution in [0.15, 0.2) is 0 Å². The first-order valence-electron chi connectivity index (χ1n) is 3.92. The Morgan fingerprint density at radius 3 is 2.75 bits per heavy atom. The quantitative estimate of drug-likeness (QED) is 0.221. The first kappa shape index (κ1) is 10.4. The van der Waals surface area contributed by atoms with Crippen LogP contribution >= 0.6 is 15.9 Å². The minimum Gasteiger partial charge on any atom is -0.633 e. The molecule has 0 aromatic carbocycles. The Morgan fingerprint density at radius 2 is 2.25 bits per heavy atom. The highest BCUT2D eigenvalue weighted by molar-refractivity contribution is 9.09. The molecule has 0 saturated carbocycles. The molecule has 6 heteroatoms. The van der Waals surface area contributed by atoms with Crippen molar-refractivity contribution in [1.82, 2.24) is 0 Å². The largest absolute Gasteiger partial charge is 0.633 e. The van der Waals surface area contributed by atoms with Gasteiger partial charge in [0, 0.05) is 0 Å². The van der Waals surface area contributed by atoms with Crippen LogP contribution in [0.5, 0.6) is 0 Å². The molecule has 5 unspecified atom stereocenters. The molecular formula is C6H13BrN2O3. The predicted molar refractivity (Wildman–Crippen MR) is 45.6 cm³/mol. The molecule has 1 aliphatic heterocycles. The predicted octanol–water partition coefficient (Wildman–Crippen LogP) is -1.73. The van der Waals surface area contributed by atoms with Crippen molar-refractivity contribution in [2.24, 2.45) is 5.92 Å². The molecule has 5 nitrogen and oxygen atoms in total. The van der Waals surface area contributed by atoms with Crippen molar-refractivity contribution in [2.75, 3.05) is 6.54 Å². The van der Waals surface area contributed by atoms with E-state index in [0.29, 0.717) is 13.0 Å². The molecule has 72 valence electrons. The molecule has 1 saturated heterocycles. The van der Waals surface area contributed by atoms with E-state index in [-0.39, 0.29) is 22.0 Å². The van der Waals surface area contributed by atoms with Crippen LogP contribution < -0.4 is 10.3 Å². The number of alkyl halides is 1. The molecule has 0 radical (unpaired) electrons. The summed E-state index contributed by atoms with van der Waals surface area (Å²) in [6.45, 7) is 2.20. The van der Waals surface area contributed by atoms with E-state index >= 15 is 0 Å². The second-order valence-electron chi connectivity index (χ2n) is 3.30. The van der Waals surface area contributed by atoms with E-state index in [1.54, 1.807) is 0 Å². The van der Waals surface area contributed by atoms with Crippen LogP contribution in [0.4, 0.5) is 0 Å².